The average Bonchev–Trinajstić information content (AvgIpc) is 2.38. The smallest absolute Gasteiger partial charge is 0.286 e. The van der Waals surface area contributed by atoms with Crippen molar-refractivity contribution in [2.45, 2.75) is 0 Å². The zero-order chi connectivity index (χ0) is 7.40. The van der Waals surface area contributed by atoms with Crippen LogP contribution in [0.15, 0.2) is 16.9 Å². The first-order valence-corrected chi connectivity index (χ1v) is 2.44. The second-order valence-electron chi connectivity index (χ2n) is 1.45. The summed E-state index contributed by atoms with van der Waals surface area (Å²) in [4.78, 5) is 10.6. The topological polar surface area (TPSA) is 78.9 Å². The van der Waals surface area contributed by atoms with Gasteiger partial charge in [-0.2, -0.15) is 5.26 Å². The number of aromatic nitrogens is 1. The minimum atomic E-state index is -0.559. The van der Waals surface area contributed by atoms with Crippen LogP contribution in [0.4, 0.5) is 0 Å². The van der Waals surface area contributed by atoms with Crippen molar-refractivity contribution >= 4 is 5.91 Å². The number of hydrogen-bond donors (Lipinski definition) is 1. The Bertz CT molecular complexity index is 259. The molecule has 5 heteroatoms. The molecule has 1 aromatic heterocycles. The van der Waals surface area contributed by atoms with Crippen molar-refractivity contribution in [1.29, 1.82) is 5.26 Å². The molecule has 0 aliphatic carbocycles. The molecule has 10 heavy (non-hydrogen) atoms. The molecule has 0 aromatic carbocycles. The normalized spacial score (nSPS) is 8.30. The lowest BCUT2D eigenvalue weighted by Crippen LogP contribution is -2.17. The van der Waals surface area contributed by atoms with Gasteiger partial charge in [0, 0.05) is 6.07 Å². The number of carbonyl (C=O) groups is 1. The van der Waals surface area contributed by atoms with Crippen LogP contribution in [0, 0.1) is 11.5 Å². The molecular weight excluding hydrogens is 134 g/mol. The SMILES string of the molecule is N#CNC(=O)c1ccon1. The predicted molar refractivity (Wildman–Crippen MR) is 29.6 cm³/mol. The van der Waals surface area contributed by atoms with Gasteiger partial charge in [0.1, 0.15) is 6.26 Å². The highest BCUT2D eigenvalue weighted by Crippen LogP contribution is 1.91. The molecule has 1 N–H and O–H groups in total. The number of amides is 1. The Morgan fingerprint density at radius 3 is 3.20 bits per heavy atom. The zero-order valence-electron chi connectivity index (χ0n) is 4.87. The summed E-state index contributed by atoms with van der Waals surface area (Å²) in [6, 6.07) is 1.37. The molecule has 0 aliphatic rings. The van der Waals surface area contributed by atoms with Crippen molar-refractivity contribution in [1.82, 2.24) is 10.5 Å². The Balaban J connectivity index is 2.71. The van der Waals surface area contributed by atoms with Crippen molar-refractivity contribution in [2.75, 3.05) is 0 Å². The molecule has 0 saturated heterocycles. The molecule has 0 saturated carbocycles. The summed E-state index contributed by atoms with van der Waals surface area (Å²) in [5.41, 5.74) is 0.0987. The fraction of sp³-hybridized carbons (Fsp3) is 0. The van der Waals surface area contributed by atoms with Crippen molar-refractivity contribution in [3.05, 3.63) is 18.0 Å². The summed E-state index contributed by atoms with van der Waals surface area (Å²) in [5.74, 6) is -0.559. The second-order valence-corrected chi connectivity index (χ2v) is 1.45. The molecule has 50 valence electrons. The molecule has 1 amide bonds. The Hall–Kier alpha value is -1.83. The molecule has 1 rings (SSSR count). The molecular formula is C5H3N3O2. The van der Waals surface area contributed by atoms with Crippen LogP contribution in [0.1, 0.15) is 10.5 Å². The van der Waals surface area contributed by atoms with E-state index in [0.29, 0.717) is 0 Å². The Morgan fingerprint density at radius 1 is 1.90 bits per heavy atom. The minimum absolute atomic E-state index is 0.0987. The minimum Gasteiger partial charge on any atom is -0.364 e. The van der Waals surface area contributed by atoms with Gasteiger partial charge in [-0.05, 0) is 0 Å². The Morgan fingerprint density at radius 2 is 2.70 bits per heavy atom. The first-order chi connectivity index (χ1) is 4.84. The van der Waals surface area contributed by atoms with E-state index in [9.17, 15) is 4.79 Å². The van der Waals surface area contributed by atoms with Crippen LogP contribution in [-0.4, -0.2) is 11.1 Å². The zero-order valence-corrected chi connectivity index (χ0v) is 4.87. The highest BCUT2D eigenvalue weighted by atomic mass is 16.5. The molecule has 0 fully saturated rings. The summed E-state index contributed by atoms with van der Waals surface area (Å²) in [5, 5.41) is 13.2. The molecule has 1 heterocycles. The first-order valence-electron chi connectivity index (χ1n) is 2.44. The standard InChI is InChI=1S/C5H3N3O2/c6-3-7-5(9)4-1-2-10-8-4/h1-2H,(H,7,9). The summed E-state index contributed by atoms with van der Waals surface area (Å²) < 4.78 is 4.36. The summed E-state index contributed by atoms with van der Waals surface area (Å²) >= 11 is 0. The Kier molecular flexibility index (Phi) is 1.66. The van der Waals surface area contributed by atoms with E-state index in [1.807, 2.05) is 5.32 Å². The van der Waals surface area contributed by atoms with Crippen LogP contribution in [0.5, 0.6) is 0 Å². The fourth-order valence-electron chi connectivity index (χ4n) is 0.444. The number of nitrogens with one attached hydrogen (secondary N) is 1. The maximum atomic E-state index is 10.6. The Labute approximate surface area is 56.2 Å². The van der Waals surface area contributed by atoms with Gasteiger partial charge in [-0.25, -0.2) is 0 Å². The van der Waals surface area contributed by atoms with Crippen LogP contribution < -0.4 is 5.32 Å². The average molecular weight is 137 g/mol. The van der Waals surface area contributed by atoms with Crippen molar-refractivity contribution in [2.24, 2.45) is 0 Å². The number of hydrogen-bond acceptors (Lipinski definition) is 4. The van der Waals surface area contributed by atoms with E-state index in [-0.39, 0.29) is 5.69 Å². The van der Waals surface area contributed by atoms with Gasteiger partial charge in [0.05, 0.1) is 0 Å². The highest BCUT2D eigenvalue weighted by molar-refractivity contribution is 5.92. The van der Waals surface area contributed by atoms with Gasteiger partial charge >= 0.3 is 0 Å². The third kappa shape index (κ3) is 1.11. The lowest BCUT2D eigenvalue weighted by atomic mass is 10.4. The van der Waals surface area contributed by atoms with Crippen molar-refractivity contribution < 1.29 is 9.32 Å². The van der Waals surface area contributed by atoms with E-state index in [1.165, 1.54) is 18.5 Å². The van der Waals surface area contributed by atoms with Gasteiger partial charge in [0.25, 0.3) is 5.91 Å². The molecule has 0 bridgehead atoms. The number of carbonyl (C=O) groups excluding carboxylic acids is 1. The molecule has 0 spiro atoms. The van der Waals surface area contributed by atoms with Crippen LogP contribution in [0.3, 0.4) is 0 Å². The predicted octanol–water partition coefficient (Wildman–Crippen LogP) is -0.115. The fourth-order valence-corrected chi connectivity index (χ4v) is 0.444. The largest absolute Gasteiger partial charge is 0.364 e. The van der Waals surface area contributed by atoms with E-state index in [4.69, 9.17) is 5.26 Å². The highest BCUT2D eigenvalue weighted by Gasteiger charge is 2.05. The lowest BCUT2D eigenvalue weighted by molar-refractivity contribution is 0.0964. The molecule has 0 aliphatic heterocycles. The van der Waals surface area contributed by atoms with Gasteiger partial charge in [-0.1, -0.05) is 5.16 Å². The van der Waals surface area contributed by atoms with Gasteiger partial charge in [0.15, 0.2) is 11.9 Å². The molecule has 5 nitrogen and oxygen atoms in total. The van der Waals surface area contributed by atoms with E-state index in [1.54, 1.807) is 0 Å². The maximum Gasteiger partial charge on any atom is 0.286 e. The van der Waals surface area contributed by atoms with E-state index < -0.39 is 5.91 Å². The summed E-state index contributed by atoms with van der Waals surface area (Å²) in [6.07, 6.45) is 2.73. The number of nitrogens with zero attached hydrogens (tertiary/aromatic N) is 2. The summed E-state index contributed by atoms with van der Waals surface area (Å²) in [7, 11) is 0. The van der Waals surface area contributed by atoms with Crippen LogP contribution in [0.25, 0.3) is 0 Å². The van der Waals surface area contributed by atoms with Gasteiger partial charge in [-0.3, -0.25) is 10.1 Å². The number of rotatable bonds is 1. The molecule has 0 unspecified atom stereocenters. The number of nitriles is 1. The molecule has 0 radical (unpaired) electrons. The van der Waals surface area contributed by atoms with Gasteiger partial charge in [0.2, 0.25) is 0 Å². The van der Waals surface area contributed by atoms with E-state index >= 15 is 0 Å². The van der Waals surface area contributed by atoms with Crippen LogP contribution in [0.2, 0.25) is 0 Å². The van der Waals surface area contributed by atoms with E-state index in [2.05, 4.69) is 9.68 Å². The summed E-state index contributed by atoms with van der Waals surface area (Å²) in [6.45, 7) is 0. The third-order valence-corrected chi connectivity index (χ3v) is 0.840. The van der Waals surface area contributed by atoms with Crippen LogP contribution >= 0.6 is 0 Å². The van der Waals surface area contributed by atoms with Crippen molar-refractivity contribution in [3.63, 3.8) is 0 Å². The third-order valence-electron chi connectivity index (χ3n) is 0.840. The monoisotopic (exact) mass is 137 g/mol. The quantitative estimate of drug-likeness (QED) is 0.432. The lowest BCUT2D eigenvalue weighted by Gasteiger charge is -1.85. The van der Waals surface area contributed by atoms with Crippen molar-refractivity contribution in [3.8, 4) is 6.19 Å². The second kappa shape index (κ2) is 2.64. The van der Waals surface area contributed by atoms with Gasteiger partial charge in [-0.15, -0.1) is 0 Å². The molecule has 1 aromatic rings. The molecule has 0 atom stereocenters. The first kappa shape index (κ1) is 6.29. The van der Waals surface area contributed by atoms with Gasteiger partial charge < -0.3 is 4.52 Å². The van der Waals surface area contributed by atoms with Crippen LogP contribution in [-0.2, 0) is 0 Å². The van der Waals surface area contributed by atoms with E-state index in [0.717, 1.165) is 0 Å². The maximum absolute atomic E-state index is 10.6.